The summed E-state index contributed by atoms with van der Waals surface area (Å²) in [4.78, 5) is 43.0. The van der Waals surface area contributed by atoms with Crippen LogP contribution >= 0.6 is 0 Å². The zero-order valence-corrected chi connectivity index (χ0v) is 32.0. The fourth-order valence-corrected chi connectivity index (χ4v) is 2.14. The van der Waals surface area contributed by atoms with Crippen LogP contribution in [0.15, 0.2) is 48.6 Å². The van der Waals surface area contributed by atoms with Crippen molar-refractivity contribution in [2.24, 2.45) is 0 Å². The molecule has 0 aromatic rings. The summed E-state index contributed by atoms with van der Waals surface area (Å²) in [6.45, 7) is 15.6. The van der Waals surface area contributed by atoms with E-state index in [1.807, 2.05) is 0 Å². The van der Waals surface area contributed by atoms with Crippen LogP contribution in [-0.4, -0.2) is 127 Å². The van der Waals surface area contributed by atoms with Crippen molar-refractivity contribution in [3.63, 3.8) is 0 Å². The van der Waals surface area contributed by atoms with Crippen LogP contribution in [0.3, 0.4) is 0 Å². The number of rotatable bonds is 22. The van der Waals surface area contributed by atoms with Crippen LogP contribution in [0, 0.1) is 0 Å². The van der Waals surface area contributed by atoms with Gasteiger partial charge < -0.3 is 37.9 Å². The van der Waals surface area contributed by atoms with Gasteiger partial charge >= 0.3 is 36.2 Å². The van der Waals surface area contributed by atoms with E-state index in [1.165, 1.54) is 27.7 Å². The predicted molar refractivity (Wildman–Crippen MR) is 180 cm³/mol. The smallest absolute Gasteiger partial charge is 0.411 e. The molecular weight excluding hydrogens is 790 g/mol. The summed E-state index contributed by atoms with van der Waals surface area (Å²) in [5.74, 6) is -8.06. The van der Waals surface area contributed by atoms with E-state index in [1.54, 1.807) is 0 Å². The van der Waals surface area contributed by atoms with Gasteiger partial charge in [0, 0.05) is 36.1 Å². The summed E-state index contributed by atoms with van der Waals surface area (Å²) < 4.78 is 154. The lowest BCUT2D eigenvalue weighted by Crippen LogP contribution is -2.21. The lowest BCUT2D eigenvalue weighted by atomic mass is 10.4. The standard InChI is InChI=1S/2C9H14F2O3.2C8H11F3O3/c2*1-7(2)8(12)14-5-4-13-6-9(3,10)11;2*1-6(2)7(12)14-4-3-13-5-8(9,10)11/h2*1,4-6H2,2-3H3;2*1,3-5H2,2H3. The number of carbonyl (C=O) groups excluding carboxylic acids is 4. The Morgan fingerprint density at radius 3 is 0.696 bits per heavy atom. The highest BCUT2D eigenvalue weighted by Gasteiger charge is 2.28. The Hall–Kier alpha value is -4.02. The minimum atomic E-state index is -4.35. The van der Waals surface area contributed by atoms with E-state index >= 15 is 0 Å². The molecular formula is C34H50F10O12. The Balaban J connectivity index is -0.000000322. The first-order chi connectivity index (χ1) is 25.3. The molecule has 0 aliphatic carbocycles. The van der Waals surface area contributed by atoms with Crippen LogP contribution in [-0.2, 0) is 57.1 Å². The third kappa shape index (κ3) is 52.1. The second kappa shape index (κ2) is 31.1. The summed E-state index contributed by atoms with van der Waals surface area (Å²) in [7, 11) is 0. The van der Waals surface area contributed by atoms with Gasteiger partial charge in [0.2, 0.25) is 0 Å². The van der Waals surface area contributed by atoms with Crippen molar-refractivity contribution in [3.05, 3.63) is 48.6 Å². The van der Waals surface area contributed by atoms with Gasteiger partial charge in [0.05, 0.1) is 26.4 Å². The zero-order chi connectivity index (χ0) is 44.8. The van der Waals surface area contributed by atoms with Gasteiger partial charge in [-0.3, -0.25) is 0 Å². The molecule has 0 N–H and O–H groups in total. The number of alkyl halides is 10. The summed E-state index contributed by atoms with van der Waals surface area (Å²) in [5.41, 5.74) is 0.929. The molecule has 0 saturated carbocycles. The van der Waals surface area contributed by atoms with Gasteiger partial charge in [0.1, 0.15) is 52.9 Å². The van der Waals surface area contributed by atoms with Gasteiger partial charge in [-0.25, -0.2) is 36.7 Å². The molecule has 0 aliphatic rings. The molecule has 22 heteroatoms. The van der Waals surface area contributed by atoms with Crippen molar-refractivity contribution in [2.75, 3.05) is 79.3 Å². The summed E-state index contributed by atoms with van der Waals surface area (Å²) in [6.07, 6.45) is -8.70. The number of carbonyl (C=O) groups is 4. The molecule has 0 heterocycles. The molecule has 56 heavy (non-hydrogen) atoms. The maximum Gasteiger partial charge on any atom is 0.411 e. The zero-order valence-electron chi connectivity index (χ0n) is 32.0. The van der Waals surface area contributed by atoms with E-state index in [2.05, 4.69) is 64.2 Å². The topological polar surface area (TPSA) is 142 Å². The van der Waals surface area contributed by atoms with Gasteiger partial charge in [-0.05, 0) is 27.7 Å². The van der Waals surface area contributed by atoms with E-state index in [4.69, 9.17) is 0 Å². The van der Waals surface area contributed by atoms with Crippen molar-refractivity contribution in [1.29, 1.82) is 0 Å². The molecule has 0 spiro atoms. The van der Waals surface area contributed by atoms with Crippen molar-refractivity contribution >= 4 is 23.9 Å². The largest absolute Gasteiger partial charge is 0.460 e. The number of esters is 4. The van der Waals surface area contributed by atoms with E-state index in [0.717, 1.165) is 13.8 Å². The van der Waals surface area contributed by atoms with E-state index in [9.17, 15) is 63.1 Å². The van der Waals surface area contributed by atoms with Gasteiger partial charge in [-0.15, -0.1) is 0 Å². The number of hydrogen-bond acceptors (Lipinski definition) is 12. The summed E-state index contributed by atoms with van der Waals surface area (Å²) >= 11 is 0. The molecule has 0 radical (unpaired) electrons. The number of hydrogen-bond donors (Lipinski definition) is 0. The second-order valence-electron chi connectivity index (χ2n) is 11.2. The fraction of sp³-hybridized carbons (Fsp3) is 0.647. The Labute approximate surface area is 318 Å². The van der Waals surface area contributed by atoms with Crippen LogP contribution in [0.25, 0.3) is 0 Å². The summed E-state index contributed by atoms with van der Waals surface area (Å²) in [5, 5.41) is 0. The van der Waals surface area contributed by atoms with Crippen molar-refractivity contribution in [3.8, 4) is 0 Å². The molecule has 12 nitrogen and oxygen atoms in total. The highest BCUT2D eigenvalue weighted by atomic mass is 19.4. The van der Waals surface area contributed by atoms with E-state index in [-0.39, 0.29) is 75.1 Å². The molecule has 0 atom stereocenters. The first-order valence-corrected chi connectivity index (χ1v) is 15.8. The van der Waals surface area contributed by atoms with E-state index in [0.29, 0.717) is 0 Å². The van der Waals surface area contributed by atoms with Crippen LogP contribution in [0.5, 0.6) is 0 Å². The average Bonchev–Trinajstić information content (AvgIpc) is 3.02. The van der Waals surface area contributed by atoms with Crippen LogP contribution < -0.4 is 0 Å². The molecule has 0 aliphatic heterocycles. The average molecular weight is 841 g/mol. The Morgan fingerprint density at radius 2 is 0.554 bits per heavy atom. The van der Waals surface area contributed by atoms with Crippen LogP contribution in [0.1, 0.15) is 41.5 Å². The Bertz CT molecular complexity index is 1020. The van der Waals surface area contributed by atoms with E-state index < -0.39 is 74.5 Å². The molecule has 0 aromatic heterocycles. The second-order valence-corrected chi connectivity index (χ2v) is 11.2. The quantitative estimate of drug-likeness (QED) is 0.0367. The van der Waals surface area contributed by atoms with Gasteiger partial charge in [-0.2, -0.15) is 26.3 Å². The van der Waals surface area contributed by atoms with Crippen molar-refractivity contribution < 1.29 is 101 Å². The lowest BCUT2D eigenvalue weighted by Gasteiger charge is -2.10. The number of halogens is 10. The van der Waals surface area contributed by atoms with Crippen molar-refractivity contribution in [1.82, 2.24) is 0 Å². The Morgan fingerprint density at radius 1 is 0.375 bits per heavy atom. The fourth-order valence-electron chi connectivity index (χ4n) is 2.14. The van der Waals surface area contributed by atoms with Crippen LogP contribution in [0.4, 0.5) is 43.9 Å². The number of ether oxygens (including phenoxy) is 8. The van der Waals surface area contributed by atoms with Crippen molar-refractivity contribution in [2.45, 2.75) is 65.7 Å². The maximum absolute atomic E-state index is 12.2. The highest BCUT2D eigenvalue weighted by molar-refractivity contribution is 5.88. The highest BCUT2D eigenvalue weighted by Crippen LogP contribution is 2.15. The minimum Gasteiger partial charge on any atom is -0.460 e. The molecule has 328 valence electrons. The third-order valence-electron chi connectivity index (χ3n) is 4.48. The summed E-state index contributed by atoms with van der Waals surface area (Å²) in [6, 6.07) is 0. The lowest BCUT2D eigenvalue weighted by molar-refractivity contribution is -0.178. The van der Waals surface area contributed by atoms with Gasteiger partial charge in [0.15, 0.2) is 0 Å². The monoisotopic (exact) mass is 840 g/mol. The van der Waals surface area contributed by atoms with Gasteiger partial charge in [0.25, 0.3) is 11.8 Å². The molecule has 0 fully saturated rings. The first kappa shape index (κ1) is 58.7. The molecule has 0 saturated heterocycles. The minimum absolute atomic E-state index is 0.0392. The molecule has 0 bridgehead atoms. The van der Waals surface area contributed by atoms with Crippen LogP contribution in [0.2, 0.25) is 0 Å². The molecule has 0 rings (SSSR count). The normalized spacial score (nSPS) is 11.1. The Kier molecular flexibility index (Phi) is 32.6. The van der Waals surface area contributed by atoms with Gasteiger partial charge in [-0.1, -0.05) is 26.3 Å². The molecule has 0 aromatic carbocycles. The predicted octanol–water partition coefficient (Wildman–Crippen LogP) is 6.92. The first-order valence-electron chi connectivity index (χ1n) is 15.8. The molecule has 0 unspecified atom stereocenters. The SMILES string of the molecule is C=C(C)C(=O)OCCOCC(C)(F)F.C=C(C)C(=O)OCCOCC(C)(F)F.C=C(C)C(=O)OCCOCC(F)(F)F.C=C(C)C(=O)OCCOCC(F)(F)F. The maximum atomic E-state index is 12.2. The third-order valence-corrected chi connectivity index (χ3v) is 4.48. The molecule has 0 amide bonds.